The summed E-state index contributed by atoms with van der Waals surface area (Å²) in [5, 5.41) is 0. The molecule has 2 rings (SSSR count). The predicted octanol–water partition coefficient (Wildman–Crippen LogP) is 0.931. The molecule has 1 saturated carbocycles. The molecule has 0 spiro atoms. The maximum atomic E-state index is 5.65. The summed E-state index contributed by atoms with van der Waals surface area (Å²) in [6, 6.07) is 0.625. The number of hydrogen-bond donors (Lipinski definition) is 1. The van der Waals surface area contributed by atoms with Gasteiger partial charge in [0.1, 0.15) is 6.61 Å². The second-order valence-electron chi connectivity index (χ2n) is 3.92. The van der Waals surface area contributed by atoms with E-state index in [0.717, 1.165) is 24.8 Å². The molecular weight excluding hydrogens is 152 g/mol. The smallest absolute Gasteiger partial charge is 0.185 e. The Morgan fingerprint density at radius 1 is 1.67 bits per heavy atom. The molecule has 68 valence electrons. The highest BCUT2D eigenvalue weighted by Gasteiger charge is 2.34. The third-order valence-electron chi connectivity index (χ3n) is 2.39. The van der Waals surface area contributed by atoms with Crippen LogP contribution in [0.25, 0.3) is 0 Å². The SMILES string of the molecule is CC(N)CC1=NC(C2CC2)CO1. The minimum Gasteiger partial charge on any atom is -0.479 e. The van der Waals surface area contributed by atoms with Gasteiger partial charge in [-0.3, -0.25) is 0 Å². The number of hydrogen-bond acceptors (Lipinski definition) is 3. The van der Waals surface area contributed by atoms with Crippen LogP contribution in [0.5, 0.6) is 0 Å². The van der Waals surface area contributed by atoms with Gasteiger partial charge in [-0.1, -0.05) is 0 Å². The van der Waals surface area contributed by atoms with Crippen LogP contribution in [0.3, 0.4) is 0 Å². The number of nitrogens with two attached hydrogens (primary N) is 1. The molecule has 2 aliphatic rings. The van der Waals surface area contributed by atoms with E-state index >= 15 is 0 Å². The fourth-order valence-electron chi connectivity index (χ4n) is 1.55. The highest BCUT2D eigenvalue weighted by Crippen LogP contribution is 2.36. The minimum absolute atomic E-state index is 0.168. The van der Waals surface area contributed by atoms with Crippen LogP contribution in [0.2, 0.25) is 0 Å². The molecule has 2 atom stereocenters. The lowest BCUT2D eigenvalue weighted by Gasteiger charge is -2.03. The van der Waals surface area contributed by atoms with Crippen molar-refractivity contribution in [1.29, 1.82) is 0 Å². The third-order valence-corrected chi connectivity index (χ3v) is 2.39. The van der Waals surface area contributed by atoms with Crippen molar-refractivity contribution in [2.45, 2.75) is 38.3 Å². The van der Waals surface area contributed by atoms with E-state index in [2.05, 4.69) is 4.99 Å². The molecular formula is C9H16N2O. The summed E-state index contributed by atoms with van der Waals surface area (Å²) in [7, 11) is 0. The molecule has 1 aliphatic heterocycles. The number of nitrogens with zero attached hydrogens (tertiary/aromatic N) is 1. The zero-order chi connectivity index (χ0) is 8.55. The van der Waals surface area contributed by atoms with Gasteiger partial charge < -0.3 is 10.5 Å². The van der Waals surface area contributed by atoms with Gasteiger partial charge in [-0.15, -0.1) is 0 Å². The standard InChI is InChI=1S/C9H16N2O/c1-6(10)4-9-11-8(5-12-9)7-2-3-7/h6-8H,2-5,10H2,1H3. The molecule has 0 bridgehead atoms. The monoisotopic (exact) mass is 168 g/mol. The van der Waals surface area contributed by atoms with Gasteiger partial charge in [0.15, 0.2) is 5.90 Å². The van der Waals surface area contributed by atoms with Crippen molar-refractivity contribution >= 4 is 5.90 Å². The number of rotatable bonds is 3. The lowest BCUT2D eigenvalue weighted by atomic mass is 10.2. The van der Waals surface area contributed by atoms with Crippen molar-refractivity contribution in [3.05, 3.63) is 0 Å². The minimum atomic E-state index is 0.168. The Hall–Kier alpha value is -0.570. The first-order valence-corrected chi connectivity index (χ1v) is 4.71. The van der Waals surface area contributed by atoms with Crippen LogP contribution in [0.1, 0.15) is 26.2 Å². The van der Waals surface area contributed by atoms with Gasteiger partial charge in [0.25, 0.3) is 0 Å². The second-order valence-corrected chi connectivity index (χ2v) is 3.92. The molecule has 0 saturated heterocycles. The quantitative estimate of drug-likeness (QED) is 0.681. The molecule has 2 N–H and O–H groups in total. The Kier molecular flexibility index (Phi) is 2.05. The van der Waals surface area contributed by atoms with Gasteiger partial charge in [0, 0.05) is 12.5 Å². The number of ether oxygens (including phenoxy) is 1. The fourth-order valence-corrected chi connectivity index (χ4v) is 1.55. The van der Waals surface area contributed by atoms with Crippen LogP contribution in [0.4, 0.5) is 0 Å². The first kappa shape index (κ1) is 8.05. The first-order valence-electron chi connectivity index (χ1n) is 4.71. The van der Waals surface area contributed by atoms with Crippen LogP contribution in [-0.4, -0.2) is 24.6 Å². The van der Waals surface area contributed by atoms with E-state index in [1.54, 1.807) is 0 Å². The Bertz CT molecular complexity index is 197. The van der Waals surface area contributed by atoms with Crippen molar-refractivity contribution in [3.8, 4) is 0 Å². The Morgan fingerprint density at radius 2 is 2.42 bits per heavy atom. The van der Waals surface area contributed by atoms with Crippen molar-refractivity contribution in [1.82, 2.24) is 0 Å². The highest BCUT2D eigenvalue weighted by molar-refractivity contribution is 5.78. The van der Waals surface area contributed by atoms with Gasteiger partial charge in [-0.05, 0) is 25.7 Å². The Balaban J connectivity index is 1.86. The first-order chi connectivity index (χ1) is 5.75. The molecule has 0 aromatic heterocycles. The lowest BCUT2D eigenvalue weighted by Crippen LogP contribution is -2.19. The van der Waals surface area contributed by atoms with E-state index in [0.29, 0.717) is 6.04 Å². The van der Waals surface area contributed by atoms with Crippen molar-refractivity contribution in [2.75, 3.05) is 6.61 Å². The second kappa shape index (κ2) is 3.05. The summed E-state index contributed by atoms with van der Waals surface area (Å²) in [6.07, 6.45) is 3.47. The van der Waals surface area contributed by atoms with Crippen LogP contribution in [0.15, 0.2) is 4.99 Å². The van der Waals surface area contributed by atoms with Gasteiger partial charge >= 0.3 is 0 Å². The maximum Gasteiger partial charge on any atom is 0.185 e. The molecule has 3 heteroatoms. The number of aliphatic imine (C=N–C) groups is 1. The molecule has 1 fully saturated rings. The summed E-state index contributed by atoms with van der Waals surface area (Å²) in [4.78, 5) is 4.50. The summed E-state index contributed by atoms with van der Waals surface area (Å²) >= 11 is 0. The normalized spacial score (nSPS) is 31.2. The van der Waals surface area contributed by atoms with Gasteiger partial charge in [-0.2, -0.15) is 0 Å². The van der Waals surface area contributed by atoms with Crippen LogP contribution >= 0.6 is 0 Å². The molecule has 12 heavy (non-hydrogen) atoms. The van der Waals surface area contributed by atoms with Crippen LogP contribution in [-0.2, 0) is 4.74 Å². The van der Waals surface area contributed by atoms with Gasteiger partial charge in [-0.25, -0.2) is 4.99 Å². The summed E-state index contributed by atoms with van der Waals surface area (Å²) < 4.78 is 5.45. The molecule has 0 amide bonds. The topological polar surface area (TPSA) is 47.6 Å². The molecule has 3 nitrogen and oxygen atoms in total. The molecule has 1 heterocycles. The fraction of sp³-hybridized carbons (Fsp3) is 0.889. The van der Waals surface area contributed by atoms with E-state index < -0.39 is 0 Å². The summed E-state index contributed by atoms with van der Waals surface area (Å²) in [6.45, 7) is 2.78. The maximum absolute atomic E-state index is 5.65. The van der Waals surface area contributed by atoms with E-state index in [9.17, 15) is 0 Å². The van der Waals surface area contributed by atoms with Gasteiger partial charge in [0.2, 0.25) is 0 Å². The summed E-state index contributed by atoms with van der Waals surface area (Å²) in [5.74, 6) is 1.69. The molecule has 1 aliphatic carbocycles. The average molecular weight is 168 g/mol. The van der Waals surface area contributed by atoms with Crippen LogP contribution < -0.4 is 5.73 Å². The Labute approximate surface area is 73.0 Å². The largest absolute Gasteiger partial charge is 0.479 e. The average Bonchev–Trinajstić information content (AvgIpc) is 2.73. The van der Waals surface area contributed by atoms with Crippen LogP contribution in [0, 0.1) is 5.92 Å². The van der Waals surface area contributed by atoms with Crippen molar-refractivity contribution in [3.63, 3.8) is 0 Å². The van der Waals surface area contributed by atoms with E-state index in [1.165, 1.54) is 12.8 Å². The zero-order valence-electron chi connectivity index (χ0n) is 7.49. The lowest BCUT2D eigenvalue weighted by molar-refractivity contribution is 0.298. The zero-order valence-corrected chi connectivity index (χ0v) is 7.49. The molecule has 0 aromatic carbocycles. The van der Waals surface area contributed by atoms with Crippen molar-refractivity contribution in [2.24, 2.45) is 16.6 Å². The third kappa shape index (κ3) is 1.78. The Morgan fingerprint density at radius 3 is 3.00 bits per heavy atom. The predicted molar refractivity (Wildman–Crippen MR) is 48.2 cm³/mol. The van der Waals surface area contributed by atoms with Crippen molar-refractivity contribution < 1.29 is 4.74 Å². The van der Waals surface area contributed by atoms with E-state index in [-0.39, 0.29) is 6.04 Å². The molecule has 0 radical (unpaired) electrons. The van der Waals surface area contributed by atoms with E-state index in [1.807, 2.05) is 6.92 Å². The highest BCUT2D eigenvalue weighted by atomic mass is 16.5. The van der Waals surface area contributed by atoms with E-state index in [4.69, 9.17) is 10.5 Å². The molecule has 2 unspecified atom stereocenters. The molecule has 0 aromatic rings. The summed E-state index contributed by atoms with van der Waals surface area (Å²) in [5.41, 5.74) is 5.65. The van der Waals surface area contributed by atoms with Gasteiger partial charge in [0.05, 0.1) is 6.04 Å².